The van der Waals surface area contributed by atoms with Crippen LogP contribution in [0.15, 0.2) is 72.9 Å². The molecule has 2 N–H and O–H groups in total. The lowest BCUT2D eigenvalue weighted by Crippen LogP contribution is -2.53. The smallest absolute Gasteiger partial charge is 0.452 e. The number of pyridine rings is 1. The first-order chi connectivity index (χ1) is 18.8. The lowest BCUT2D eigenvalue weighted by molar-refractivity contribution is -0.175. The van der Waals surface area contributed by atoms with Gasteiger partial charge >= 0.3 is 6.18 Å². The molecular weight excluding hydrogens is 570 g/mol. The predicted octanol–water partition coefficient (Wildman–Crippen LogP) is 5.51. The maximum Gasteiger partial charge on any atom is 0.452 e. The zero-order valence-corrected chi connectivity index (χ0v) is 22.9. The second kappa shape index (κ2) is 13.6. The maximum absolute atomic E-state index is 13.6. The molecule has 3 rings (SSSR count). The summed E-state index contributed by atoms with van der Waals surface area (Å²) in [6, 6.07) is 14.1. The minimum absolute atomic E-state index is 0.0267. The molecule has 0 spiro atoms. The molecule has 1 heterocycles. The average Bonchev–Trinajstić information content (AvgIpc) is 2.89. The Balaban J connectivity index is 1.92. The fourth-order valence-corrected chi connectivity index (χ4v) is 4.29. The van der Waals surface area contributed by atoms with Crippen LogP contribution in [0.2, 0.25) is 10.0 Å². The van der Waals surface area contributed by atoms with E-state index in [1.54, 1.807) is 36.4 Å². The number of ether oxygens (including phenoxy) is 1. The van der Waals surface area contributed by atoms with Crippen LogP contribution in [-0.2, 0) is 20.8 Å². The Morgan fingerprint density at radius 1 is 0.900 bits per heavy atom. The molecule has 12 heteroatoms. The van der Waals surface area contributed by atoms with E-state index in [1.165, 1.54) is 50.4 Å². The van der Waals surface area contributed by atoms with Crippen LogP contribution in [0.3, 0.4) is 0 Å². The summed E-state index contributed by atoms with van der Waals surface area (Å²) < 4.78 is 45.5. The largest absolute Gasteiger partial charge is 0.480 e. The number of amides is 2. The number of halogens is 5. The van der Waals surface area contributed by atoms with Gasteiger partial charge in [0.25, 0.3) is 11.7 Å². The Hall–Kier alpha value is -3.63. The SMILES string of the molecule is CC(C)[C@H](NC(=O)[C@@H](NC(=O)[C@@H](Cc1ccccn1)Oc1cc(Cl)cc(Cl)c1)c1ccccc1)C(=O)C(F)(F)F. The van der Waals surface area contributed by atoms with Gasteiger partial charge in [0.1, 0.15) is 11.8 Å². The van der Waals surface area contributed by atoms with Crippen molar-refractivity contribution in [3.05, 3.63) is 94.2 Å². The van der Waals surface area contributed by atoms with Crippen LogP contribution in [0.4, 0.5) is 13.2 Å². The van der Waals surface area contributed by atoms with Crippen LogP contribution >= 0.6 is 23.2 Å². The number of nitrogens with zero attached hydrogens (tertiary/aromatic N) is 1. The summed E-state index contributed by atoms with van der Waals surface area (Å²) in [5.74, 6) is -4.57. The molecule has 7 nitrogen and oxygen atoms in total. The third-order valence-electron chi connectivity index (χ3n) is 5.74. The van der Waals surface area contributed by atoms with Gasteiger partial charge in [0, 0.05) is 28.4 Å². The van der Waals surface area contributed by atoms with Gasteiger partial charge in [0.05, 0.1) is 6.04 Å². The molecule has 3 atom stereocenters. The van der Waals surface area contributed by atoms with Crippen molar-refractivity contribution >= 4 is 40.8 Å². The lowest BCUT2D eigenvalue weighted by Gasteiger charge is -2.27. The van der Waals surface area contributed by atoms with Crippen molar-refractivity contribution < 1.29 is 32.3 Å². The van der Waals surface area contributed by atoms with E-state index in [9.17, 15) is 27.6 Å². The van der Waals surface area contributed by atoms with Gasteiger partial charge in [-0.3, -0.25) is 19.4 Å². The minimum Gasteiger partial charge on any atom is -0.480 e. The van der Waals surface area contributed by atoms with Gasteiger partial charge in [-0.25, -0.2) is 0 Å². The lowest BCUT2D eigenvalue weighted by atomic mass is 9.97. The molecule has 0 saturated carbocycles. The fraction of sp³-hybridized carbons (Fsp3) is 0.286. The molecule has 0 radical (unpaired) electrons. The van der Waals surface area contributed by atoms with Crippen LogP contribution in [0.5, 0.6) is 5.75 Å². The highest BCUT2D eigenvalue weighted by Gasteiger charge is 2.45. The van der Waals surface area contributed by atoms with Crippen LogP contribution in [0, 0.1) is 5.92 Å². The molecule has 0 bridgehead atoms. The molecule has 2 aromatic carbocycles. The molecule has 0 aliphatic heterocycles. The third-order valence-corrected chi connectivity index (χ3v) is 6.17. The molecule has 0 fully saturated rings. The number of hydrogen-bond donors (Lipinski definition) is 2. The predicted molar refractivity (Wildman–Crippen MR) is 144 cm³/mol. The van der Waals surface area contributed by atoms with Crippen molar-refractivity contribution in [1.29, 1.82) is 0 Å². The summed E-state index contributed by atoms with van der Waals surface area (Å²) in [6.07, 6.45) is -4.90. The first kappa shape index (κ1) is 30.9. The monoisotopic (exact) mass is 595 g/mol. The summed E-state index contributed by atoms with van der Waals surface area (Å²) in [6.45, 7) is 2.75. The van der Waals surface area contributed by atoms with Crippen LogP contribution in [0.1, 0.15) is 31.1 Å². The van der Waals surface area contributed by atoms with Crippen molar-refractivity contribution in [2.45, 2.75) is 44.6 Å². The zero-order valence-electron chi connectivity index (χ0n) is 21.4. The van der Waals surface area contributed by atoms with E-state index in [0.717, 1.165) is 0 Å². The number of Topliss-reactive ketones (excluding diaryl/α,β-unsaturated/α-hetero) is 1. The highest BCUT2D eigenvalue weighted by atomic mass is 35.5. The van der Waals surface area contributed by atoms with E-state index in [4.69, 9.17) is 27.9 Å². The number of aromatic nitrogens is 1. The summed E-state index contributed by atoms with van der Waals surface area (Å²) >= 11 is 12.1. The molecular formula is C28H26Cl2F3N3O4. The van der Waals surface area contributed by atoms with Crippen molar-refractivity contribution in [2.75, 3.05) is 0 Å². The molecule has 0 unspecified atom stereocenters. The summed E-state index contributed by atoms with van der Waals surface area (Å²) in [5, 5.41) is 5.25. The standard InChI is InChI=1S/C28H26Cl2F3N3O4/c1-16(2)23(25(37)28(31,32)33)35-27(39)24(17-8-4-3-5-9-17)36-26(38)22(15-20-10-6-7-11-34-20)40-21-13-18(29)12-19(30)14-21/h3-14,16,22-24H,15H2,1-2H3,(H,35,39)(H,36,38)/t22-,23+,24+/m1/s1. The van der Waals surface area contributed by atoms with Crippen LogP contribution < -0.4 is 15.4 Å². The van der Waals surface area contributed by atoms with Gasteiger partial charge in [-0.05, 0) is 41.8 Å². The first-order valence-corrected chi connectivity index (χ1v) is 12.9. The van der Waals surface area contributed by atoms with E-state index in [0.29, 0.717) is 5.69 Å². The number of hydrogen-bond acceptors (Lipinski definition) is 5. The molecule has 2 amide bonds. The Morgan fingerprint density at radius 2 is 1.52 bits per heavy atom. The highest BCUT2D eigenvalue weighted by molar-refractivity contribution is 6.34. The molecule has 0 aliphatic rings. The molecule has 3 aromatic rings. The quantitative estimate of drug-likeness (QED) is 0.305. The molecule has 0 saturated heterocycles. The molecule has 212 valence electrons. The second-order valence-electron chi connectivity index (χ2n) is 9.18. The zero-order chi connectivity index (χ0) is 29.4. The van der Waals surface area contributed by atoms with Gasteiger partial charge in [-0.2, -0.15) is 13.2 Å². The van der Waals surface area contributed by atoms with Crippen molar-refractivity contribution in [1.82, 2.24) is 15.6 Å². The number of ketones is 1. The molecule has 0 aliphatic carbocycles. The topological polar surface area (TPSA) is 97.4 Å². The highest BCUT2D eigenvalue weighted by Crippen LogP contribution is 2.26. The van der Waals surface area contributed by atoms with Crippen molar-refractivity contribution in [3.63, 3.8) is 0 Å². The van der Waals surface area contributed by atoms with Gasteiger partial charge in [-0.1, -0.05) is 73.4 Å². The fourth-order valence-electron chi connectivity index (χ4n) is 3.79. The van der Waals surface area contributed by atoms with Crippen molar-refractivity contribution in [2.24, 2.45) is 5.92 Å². The number of carbonyl (C=O) groups excluding carboxylic acids is 3. The molecule has 40 heavy (non-hydrogen) atoms. The third kappa shape index (κ3) is 8.69. The summed E-state index contributed by atoms with van der Waals surface area (Å²) in [4.78, 5) is 43.1. The number of alkyl halides is 3. The summed E-state index contributed by atoms with van der Waals surface area (Å²) in [5.41, 5.74) is 0.768. The Bertz CT molecular complexity index is 1310. The van der Waals surface area contributed by atoms with E-state index in [2.05, 4.69) is 15.6 Å². The van der Waals surface area contributed by atoms with E-state index in [1.807, 2.05) is 0 Å². The van der Waals surface area contributed by atoms with Gasteiger partial charge in [0.15, 0.2) is 6.10 Å². The van der Waals surface area contributed by atoms with Crippen molar-refractivity contribution in [3.8, 4) is 5.75 Å². The van der Waals surface area contributed by atoms with E-state index in [-0.39, 0.29) is 27.8 Å². The molecule has 1 aromatic heterocycles. The normalized spacial score (nSPS) is 13.7. The van der Waals surface area contributed by atoms with Crippen LogP contribution in [-0.4, -0.2) is 40.9 Å². The Morgan fingerprint density at radius 3 is 2.08 bits per heavy atom. The summed E-state index contributed by atoms with van der Waals surface area (Å²) in [7, 11) is 0. The van der Waals surface area contributed by atoms with E-state index < -0.39 is 47.9 Å². The number of benzene rings is 2. The number of rotatable bonds is 11. The second-order valence-corrected chi connectivity index (χ2v) is 10.1. The Labute approximate surface area is 239 Å². The van der Waals surface area contributed by atoms with E-state index >= 15 is 0 Å². The number of carbonyl (C=O) groups is 3. The minimum atomic E-state index is -5.16. The number of nitrogens with one attached hydrogen (secondary N) is 2. The van der Waals surface area contributed by atoms with Gasteiger partial charge in [-0.15, -0.1) is 0 Å². The average molecular weight is 596 g/mol. The maximum atomic E-state index is 13.6. The first-order valence-electron chi connectivity index (χ1n) is 12.1. The van der Waals surface area contributed by atoms with Gasteiger partial charge in [0.2, 0.25) is 5.91 Å². The van der Waals surface area contributed by atoms with Crippen LogP contribution in [0.25, 0.3) is 0 Å². The Kier molecular flexibility index (Phi) is 10.5. The van der Waals surface area contributed by atoms with Gasteiger partial charge < -0.3 is 15.4 Å².